The van der Waals surface area contributed by atoms with Gasteiger partial charge in [-0.15, -0.1) is 0 Å². The van der Waals surface area contributed by atoms with Gasteiger partial charge in [0.1, 0.15) is 0 Å². The normalized spacial score (nSPS) is 15.2. The molecule has 0 saturated carbocycles. The molecular formula is C64H46N2. The van der Waals surface area contributed by atoms with Crippen molar-refractivity contribution in [2.45, 2.75) is 24.7 Å². The molecule has 1 heterocycles. The van der Waals surface area contributed by atoms with Crippen LogP contribution in [0.1, 0.15) is 52.8 Å². The Hall–Kier alpha value is -8.20. The van der Waals surface area contributed by atoms with Gasteiger partial charge in [0, 0.05) is 23.0 Å². The zero-order chi connectivity index (χ0) is 44.0. The number of para-hydroxylation sites is 3. The number of hydrogen-bond acceptors (Lipinski definition) is 2. The van der Waals surface area contributed by atoms with Crippen molar-refractivity contribution in [2.24, 2.45) is 0 Å². The van der Waals surface area contributed by atoms with Crippen molar-refractivity contribution in [3.8, 4) is 11.1 Å². The van der Waals surface area contributed by atoms with Gasteiger partial charge in [-0.1, -0.05) is 196 Å². The van der Waals surface area contributed by atoms with E-state index < -0.39 is 5.41 Å². The minimum Gasteiger partial charge on any atom is -0.362 e. The monoisotopic (exact) mass is 842 g/mol. The van der Waals surface area contributed by atoms with Gasteiger partial charge in [-0.25, -0.2) is 0 Å². The highest BCUT2D eigenvalue weighted by molar-refractivity contribution is 6.25. The Bertz CT molecular complexity index is 3630. The Morgan fingerprint density at radius 3 is 1.61 bits per heavy atom. The van der Waals surface area contributed by atoms with Gasteiger partial charge in [-0.2, -0.15) is 0 Å². The van der Waals surface area contributed by atoms with Crippen molar-refractivity contribution in [1.82, 2.24) is 0 Å². The minimum absolute atomic E-state index is 0.0812. The summed E-state index contributed by atoms with van der Waals surface area (Å²) < 4.78 is 0. The summed E-state index contributed by atoms with van der Waals surface area (Å²) in [5.74, 6) is 0. The summed E-state index contributed by atoms with van der Waals surface area (Å²) in [7, 11) is 0. The van der Waals surface area contributed by atoms with E-state index in [9.17, 15) is 0 Å². The van der Waals surface area contributed by atoms with Gasteiger partial charge in [-0.3, -0.25) is 0 Å². The second-order valence-corrected chi connectivity index (χ2v) is 18.5. The van der Waals surface area contributed by atoms with Crippen molar-refractivity contribution in [2.75, 3.05) is 10.2 Å². The van der Waals surface area contributed by atoms with E-state index in [-0.39, 0.29) is 5.41 Å². The van der Waals surface area contributed by atoms with E-state index in [2.05, 4.69) is 261 Å². The number of fused-ring (bicyclic) bond motifs is 15. The van der Waals surface area contributed by atoms with Crippen LogP contribution in [0, 0.1) is 0 Å². The molecule has 0 amide bonds. The van der Waals surface area contributed by atoms with Gasteiger partial charge < -0.3 is 10.2 Å². The molecule has 0 aromatic heterocycles. The number of rotatable bonds is 6. The molecule has 1 N–H and O–H groups in total. The molecular weight excluding hydrogens is 797 g/mol. The fourth-order valence-corrected chi connectivity index (χ4v) is 11.8. The first-order valence-corrected chi connectivity index (χ1v) is 23.1. The molecule has 0 saturated heterocycles. The van der Waals surface area contributed by atoms with Crippen LogP contribution < -0.4 is 10.2 Å². The highest BCUT2D eigenvalue weighted by Gasteiger charge is 2.51. The molecule has 2 aliphatic carbocycles. The molecule has 0 bridgehead atoms. The lowest BCUT2D eigenvalue weighted by Gasteiger charge is -2.45. The highest BCUT2D eigenvalue weighted by Crippen LogP contribution is 2.63. The van der Waals surface area contributed by atoms with Crippen molar-refractivity contribution in [3.05, 3.63) is 275 Å². The highest BCUT2D eigenvalue weighted by atomic mass is 15.2. The van der Waals surface area contributed by atoms with Crippen molar-refractivity contribution < 1.29 is 0 Å². The van der Waals surface area contributed by atoms with Crippen molar-refractivity contribution in [1.29, 1.82) is 0 Å². The van der Waals surface area contributed by atoms with Gasteiger partial charge >= 0.3 is 0 Å². The lowest BCUT2D eigenvalue weighted by molar-refractivity contribution is 0.660. The molecule has 2 heteroatoms. The van der Waals surface area contributed by atoms with E-state index in [1.807, 2.05) is 0 Å². The van der Waals surface area contributed by atoms with E-state index in [0.29, 0.717) is 0 Å². The molecule has 312 valence electrons. The lowest BCUT2D eigenvalue weighted by Crippen LogP contribution is -2.36. The predicted octanol–water partition coefficient (Wildman–Crippen LogP) is 16.7. The number of hydrogen-bond donors (Lipinski definition) is 1. The Morgan fingerprint density at radius 1 is 0.394 bits per heavy atom. The van der Waals surface area contributed by atoms with E-state index in [1.165, 1.54) is 99.3 Å². The predicted molar refractivity (Wildman–Crippen MR) is 279 cm³/mol. The van der Waals surface area contributed by atoms with Crippen LogP contribution in [0.25, 0.3) is 55.1 Å². The molecule has 1 spiro atoms. The van der Waals surface area contributed by atoms with Crippen LogP contribution >= 0.6 is 0 Å². The number of benzene rings is 10. The fourth-order valence-electron chi connectivity index (χ4n) is 11.8. The quantitative estimate of drug-likeness (QED) is 0.168. The number of nitrogens with zero attached hydrogens (tertiary/aromatic N) is 1. The third-order valence-electron chi connectivity index (χ3n) is 14.7. The Labute approximate surface area is 386 Å². The molecule has 0 fully saturated rings. The summed E-state index contributed by atoms with van der Waals surface area (Å²) in [5.41, 5.74) is 17.9. The lowest BCUT2D eigenvalue weighted by atomic mass is 9.63. The van der Waals surface area contributed by atoms with Crippen molar-refractivity contribution >= 4 is 66.7 Å². The summed E-state index contributed by atoms with van der Waals surface area (Å²) in [4.78, 5) is 2.45. The molecule has 13 rings (SSSR count). The summed E-state index contributed by atoms with van der Waals surface area (Å²) >= 11 is 0. The number of nitrogens with one attached hydrogen (secondary N) is 1. The molecule has 0 unspecified atom stereocenters. The van der Waals surface area contributed by atoms with Gasteiger partial charge in [0.2, 0.25) is 0 Å². The Morgan fingerprint density at radius 2 is 0.924 bits per heavy atom. The van der Waals surface area contributed by atoms with E-state index >= 15 is 0 Å². The molecule has 0 atom stereocenters. The SMILES string of the molecule is CC1(C)c2ccccc2-c2ccc(N/C=C/C3=C(/C=C\c4ccc5c6ccccc6c6ccccc6c5c4)C4(c5ccccc53)c3ccccc3N(c3ccccc3)c3ccccc34)cc21. The third-order valence-corrected chi connectivity index (χ3v) is 14.7. The van der Waals surface area contributed by atoms with Gasteiger partial charge in [-0.05, 0) is 142 Å². The number of anilines is 4. The van der Waals surface area contributed by atoms with Crippen LogP contribution in [0.2, 0.25) is 0 Å². The summed E-state index contributed by atoms with van der Waals surface area (Å²) in [6, 6.07) is 78.3. The van der Waals surface area contributed by atoms with E-state index in [4.69, 9.17) is 0 Å². The molecule has 10 aromatic carbocycles. The molecule has 0 radical (unpaired) electrons. The maximum absolute atomic E-state index is 3.75. The topological polar surface area (TPSA) is 15.3 Å². The van der Waals surface area contributed by atoms with Crippen LogP contribution in [0.4, 0.5) is 22.7 Å². The smallest absolute Gasteiger partial charge is 0.0754 e. The van der Waals surface area contributed by atoms with E-state index in [1.54, 1.807) is 0 Å². The molecule has 1 aliphatic heterocycles. The first-order valence-electron chi connectivity index (χ1n) is 23.1. The molecule has 2 nitrogen and oxygen atoms in total. The molecule has 66 heavy (non-hydrogen) atoms. The van der Waals surface area contributed by atoms with Crippen LogP contribution in [-0.2, 0) is 10.8 Å². The fraction of sp³-hybridized carbons (Fsp3) is 0.0625. The Kier molecular flexibility index (Phi) is 8.51. The summed E-state index contributed by atoms with van der Waals surface area (Å²) in [5, 5.41) is 11.4. The Balaban J connectivity index is 1.02. The van der Waals surface area contributed by atoms with Gasteiger partial charge in [0.15, 0.2) is 0 Å². The first kappa shape index (κ1) is 38.3. The van der Waals surface area contributed by atoms with Gasteiger partial charge in [0.25, 0.3) is 0 Å². The van der Waals surface area contributed by atoms with Crippen LogP contribution in [0.5, 0.6) is 0 Å². The maximum atomic E-state index is 3.75. The average molecular weight is 843 g/mol. The number of allylic oxidation sites excluding steroid dienone is 4. The maximum Gasteiger partial charge on any atom is 0.0754 e. The van der Waals surface area contributed by atoms with Crippen LogP contribution in [-0.4, -0.2) is 0 Å². The van der Waals surface area contributed by atoms with E-state index in [0.717, 1.165) is 16.9 Å². The average Bonchev–Trinajstić information content (AvgIpc) is 3.78. The second kappa shape index (κ2) is 14.7. The summed E-state index contributed by atoms with van der Waals surface area (Å²) in [6.07, 6.45) is 9.24. The van der Waals surface area contributed by atoms with Crippen molar-refractivity contribution in [3.63, 3.8) is 0 Å². The van der Waals surface area contributed by atoms with Gasteiger partial charge in [0.05, 0.1) is 16.8 Å². The first-order chi connectivity index (χ1) is 32.5. The zero-order valence-corrected chi connectivity index (χ0v) is 37.0. The van der Waals surface area contributed by atoms with Crippen LogP contribution in [0.3, 0.4) is 0 Å². The zero-order valence-electron chi connectivity index (χ0n) is 37.0. The summed E-state index contributed by atoms with van der Waals surface area (Å²) in [6.45, 7) is 4.68. The standard InChI is InChI=1S/C64H46N2/c1-63(2)55-26-12-10-24-50(55)52-36-34-43(41-60(52)63)65-39-38-53-51-25-11-13-27-56(51)64(58-28-14-16-30-61(58)66(44-18-4-3-5-19-44)62-31-17-15-29-59(62)64)57(53)37-33-42-32-35-49-47-22-7-6-20-45(47)46-21-8-9-23-48(46)54(49)40-42/h3-41,65H,1-2H3/b37-33-,39-38+. The van der Waals surface area contributed by atoms with Crippen LogP contribution in [0.15, 0.2) is 236 Å². The third kappa shape index (κ3) is 5.48. The molecule has 10 aromatic rings. The second-order valence-electron chi connectivity index (χ2n) is 18.5. The molecule has 3 aliphatic rings. The minimum atomic E-state index is -0.617. The largest absolute Gasteiger partial charge is 0.362 e.